The minimum absolute atomic E-state index is 0.196. The summed E-state index contributed by atoms with van der Waals surface area (Å²) in [6, 6.07) is 1.95. The van der Waals surface area contributed by atoms with Gasteiger partial charge in [0.05, 0.1) is 12.2 Å². The number of likely N-dealkylation sites (N-methyl/N-ethyl adjacent to an activating group) is 1. The SMILES string of the molecule is CN1CCCC(Oc2cc(C3=CCN=C4NC=CCC=C34)ncn2)C1. The van der Waals surface area contributed by atoms with Gasteiger partial charge in [-0.25, -0.2) is 9.97 Å². The van der Waals surface area contributed by atoms with Crippen LogP contribution < -0.4 is 10.1 Å². The molecule has 3 aliphatic heterocycles. The maximum absolute atomic E-state index is 6.12. The van der Waals surface area contributed by atoms with Gasteiger partial charge in [0.15, 0.2) is 0 Å². The third-order valence-corrected chi connectivity index (χ3v) is 4.67. The van der Waals surface area contributed by atoms with E-state index in [1.807, 2.05) is 12.3 Å². The molecule has 0 spiro atoms. The Hall–Kier alpha value is -2.47. The van der Waals surface area contributed by atoms with Gasteiger partial charge in [-0.3, -0.25) is 4.99 Å². The van der Waals surface area contributed by atoms with Crippen molar-refractivity contribution in [2.75, 3.05) is 26.7 Å². The van der Waals surface area contributed by atoms with E-state index in [1.54, 1.807) is 6.33 Å². The zero-order valence-electron chi connectivity index (χ0n) is 14.5. The lowest BCUT2D eigenvalue weighted by Gasteiger charge is -2.29. The number of fused-ring (bicyclic) bond motifs is 1. The van der Waals surface area contributed by atoms with Gasteiger partial charge in [0.1, 0.15) is 18.3 Å². The number of amidine groups is 1. The lowest BCUT2D eigenvalue weighted by atomic mass is 9.98. The van der Waals surface area contributed by atoms with Gasteiger partial charge in [-0.2, -0.15) is 0 Å². The minimum atomic E-state index is 0.196. The summed E-state index contributed by atoms with van der Waals surface area (Å²) in [6.45, 7) is 2.73. The minimum Gasteiger partial charge on any atom is -0.473 e. The fraction of sp³-hybridized carbons (Fsp3) is 0.421. The maximum atomic E-state index is 6.12. The summed E-state index contributed by atoms with van der Waals surface area (Å²) in [6.07, 6.45) is 13.2. The molecule has 4 heterocycles. The first-order chi connectivity index (χ1) is 12.3. The van der Waals surface area contributed by atoms with Crippen LogP contribution in [-0.4, -0.2) is 53.5 Å². The van der Waals surface area contributed by atoms with Gasteiger partial charge in [-0.1, -0.05) is 18.2 Å². The third kappa shape index (κ3) is 3.64. The first-order valence-corrected chi connectivity index (χ1v) is 8.84. The van der Waals surface area contributed by atoms with Crippen LogP contribution in [-0.2, 0) is 0 Å². The highest BCUT2D eigenvalue weighted by Crippen LogP contribution is 2.28. The highest BCUT2D eigenvalue weighted by atomic mass is 16.5. The molecule has 0 aromatic carbocycles. The van der Waals surface area contributed by atoms with Crippen molar-refractivity contribution in [1.29, 1.82) is 0 Å². The number of nitrogens with one attached hydrogen (secondary N) is 1. The Labute approximate surface area is 148 Å². The van der Waals surface area contributed by atoms with E-state index in [2.05, 4.69) is 50.5 Å². The van der Waals surface area contributed by atoms with Crippen LogP contribution in [0.3, 0.4) is 0 Å². The van der Waals surface area contributed by atoms with Crippen LogP contribution in [0.1, 0.15) is 25.0 Å². The standard InChI is InChI=1S/C19H23N5O/c1-24-10-4-5-14(12-24)25-18-11-17(22-13-23-18)15-7-9-21-19-16(15)6-2-3-8-20-19/h3,6-8,11,13-14H,2,4-5,9-10,12H2,1H3,(H,20,21). The average molecular weight is 337 g/mol. The van der Waals surface area contributed by atoms with E-state index in [-0.39, 0.29) is 6.10 Å². The molecule has 1 aromatic heterocycles. The second kappa shape index (κ2) is 7.19. The second-order valence-electron chi connectivity index (χ2n) is 6.59. The van der Waals surface area contributed by atoms with Gasteiger partial charge < -0.3 is 15.0 Å². The zero-order valence-corrected chi connectivity index (χ0v) is 14.5. The Kier molecular flexibility index (Phi) is 4.61. The third-order valence-electron chi connectivity index (χ3n) is 4.67. The van der Waals surface area contributed by atoms with Gasteiger partial charge in [0, 0.05) is 23.8 Å². The number of allylic oxidation sites excluding steroid dienone is 2. The Balaban J connectivity index is 1.55. The Morgan fingerprint density at radius 1 is 1.24 bits per heavy atom. The summed E-state index contributed by atoms with van der Waals surface area (Å²) in [5, 5.41) is 3.25. The van der Waals surface area contributed by atoms with Crippen molar-refractivity contribution >= 4 is 11.4 Å². The summed E-state index contributed by atoms with van der Waals surface area (Å²) in [5.41, 5.74) is 3.07. The molecular formula is C19H23N5O. The second-order valence-corrected chi connectivity index (χ2v) is 6.59. The number of nitrogens with zero attached hydrogens (tertiary/aromatic N) is 4. The summed E-state index contributed by atoms with van der Waals surface area (Å²) in [5.74, 6) is 1.55. The van der Waals surface area contributed by atoms with Crippen LogP contribution in [0.15, 0.2) is 47.4 Å². The van der Waals surface area contributed by atoms with E-state index in [1.165, 1.54) is 0 Å². The molecule has 4 rings (SSSR count). The van der Waals surface area contributed by atoms with Gasteiger partial charge >= 0.3 is 0 Å². The van der Waals surface area contributed by atoms with Crippen molar-refractivity contribution < 1.29 is 4.74 Å². The number of ether oxygens (including phenoxy) is 1. The number of dihydropyridines is 1. The van der Waals surface area contributed by atoms with Crippen LogP contribution in [0, 0.1) is 0 Å². The molecule has 1 atom stereocenters. The van der Waals surface area contributed by atoms with E-state index in [0.717, 1.165) is 55.0 Å². The molecule has 0 aliphatic carbocycles. The molecule has 6 heteroatoms. The van der Waals surface area contributed by atoms with E-state index >= 15 is 0 Å². The fourth-order valence-electron chi connectivity index (χ4n) is 3.45. The van der Waals surface area contributed by atoms with E-state index in [4.69, 9.17) is 4.74 Å². The highest BCUT2D eigenvalue weighted by molar-refractivity contribution is 6.13. The number of likely N-dealkylation sites (tertiary alicyclic amines) is 1. The molecule has 1 fully saturated rings. The molecule has 1 unspecified atom stereocenters. The van der Waals surface area contributed by atoms with Crippen LogP contribution in [0.5, 0.6) is 5.88 Å². The number of hydrogen-bond donors (Lipinski definition) is 1. The van der Waals surface area contributed by atoms with Crippen molar-refractivity contribution in [3.8, 4) is 5.88 Å². The van der Waals surface area contributed by atoms with Crippen molar-refractivity contribution in [1.82, 2.24) is 20.2 Å². The number of piperidine rings is 1. The fourth-order valence-corrected chi connectivity index (χ4v) is 3.45. The Bertz CT molecular complexity index is 765. The summed E-state index contributed by atoms with van der Waals surface area (Å²) in [7, 11) is 2.13. The summed E-state index contributed by atoms with van der Waals surface area (Å²) in [4.78, 5) is 15.6. The molecule has 0 bridgehead atoms. The van der Waals surface area contributed by atoms with Gasteiger partial charge in [0.25, 0.3) is 0 Å². The molecule has 0 saturated carbocycles. The predicted molar refractivity (Wildman–Crippen MR) is 98.4 cm³/mol. The van der Waals surface area contributed by atoms with Gasteiger partial charge in [-0.15, -0.1) is 0 Å². The first-order valence-electron chi connectivity index (χ1n) is 8.84. The van der Waals surface area contributed by atoms with Crippen LogP contribution >= 0.6 is 0 Å². The molecule has 1 saturated heterocycles. The summed E-state index contributed by atoms with van der Waals surface area (Å²) >= 11 is 0. The molecule has 25 heavy (non-hydrogen) atoms. The lowest BCUT2D eigenvalue weighted by molar-refractivity contribution is 0.0998. The van der Waals surface area contributed by atoms with Crippen molar-refractivity contribution in [3.63, 3.8) is 0 Å². The van der Waals surface area contributed by atoms with Gasteiger partial charge in [-0.05, 0) is 39.1 Å². The van der Waals surface area contributed by atoms with Gasteiger partial charge in [0.2, 0.25) is 5.88 Å². The molecule has 130 valence electrons. The van der Waals surface area contributed by atoms with Crippen molar-refractivity contribution in [2.45, 2.75) is 25.4 Å². The largest absolute Gasteiger partial charge is 0.473 e. The molecular weight excluding hydrogens is 314 g/mol. The van der Waals surface area contributed by atoms with Crippen molar-refractivity contribution in [3.05, 3.63) is 48.1 Å². The topological polar surface area (TPSA) is 62.6 Å². The first kappa shape index (κ1) is 16.0. The average Bonchev–Trinajstić information content (AvgIpc) is 2.87. The molecule has 1 N–H and O–H groups in total. The summed E-state index contributed by atoms with van der Waals surface area (Å²) < 4.78 is 6.12. The molecule has 3 aliphatic rings. The predicted octanol–water partition coefficient (Wildman–Crippen LogP) is 2.18. The monoisotopic (exact) mass is 337 g/mol. The Morgan fingerprint density at radius 2 is 2.20 bits per heavy atom. The maximum Gasteiger partial charge on any atom is 0.217 e. The lowest BCUT2D eigenvalue weighted by Crippen LogP contribution is -2.38. The molecule has 6 nitrogen and oxygen atoms in total. The molecule has 1 aromatic rings. The molecule has 0 radical (unpaired) electrons. The number of aliphatic imine (C=N–C) groups is 1. The molecule has 0 amide bonds. The van der Waals surface area contributed by atoms with E-state index in [9.17, 15) is 0 Å². The van der Waals surface area contributed by atoms with Crippen LogP contribution in [0.2, 0.25) is 0 Å². The van der Waals surface area contributed by atoms with Crippen LogP contribution in [0.4, 0.5) is 0 Å². The normalized spacial score (nSPS) is 23.6. The quantitative estimate of drug-likeness (QED) is 0.916. The zero-order chi connectivity index (χ0) is 17.1. The Morgan fingerprint density at radius 3 is 3.12 bits per heavy atom. The number of aromatic nitrogens is 2. The van der Waals surface area contributed by atoms with Crippen LogP contribution in [0.25, 0.3) is 5.57 Å². The van der Waals surface area contributed by atoms with E-state index in [0.29, 0.717) is 12.4 Å². The van der Waals surface area contributed by atoms with E-state index < -0.39 is 0 Å². The smallest absolute Gasteiger partial charge is 0.217 e. The number of hydrogen-bond acceptors (Lipinski definition) is 6. The van der Waals surface area contributed by atoms with Crippen molar-refractivity contribution in [2.24, 2.45) is 4.99 Å². The highest BCUT2D eigenvalue weighted by Gasteiger charge is 2.21. The number of rotatable bonds is 3.